The molecule has 0 aliphatic heterocycles. The normalized spacial score (nSPS) is 13.2. The third-order valence-electron chi connectivity index (χ3n) is 2.14. The van der Waals surface area contributed by atoms with Crippen molar-refractivity contribution in [3.8, 4) is 0 Å². The van der Waals surface area contributed by atoms with Crippen molar-refractivity contribution in [2.24, 2.45) is 5.92 Å². The van der Waals surface area contributed by atoms with E-state index in [0.717, 1.165) is 6.42 Å². The first-order valence-corrected chi connectivity index (χ1v) is 4.18. The highest BCUT2D eigenvalue weighted by Crippen LogP contribution is 2.26. The lowest BCUT2D eigenvalue weighted by molar-refractivity contribution is -0.191. The topological polar surface area (TPSA) is 18.5 Å². The van der Waals surface area contributed by atoms with Crippen LogP contribution in [0, 0.1) is 5.92 Å². The van der Waals surface area contributed by atoms with Crippen LogP contribution < -0.4 is 0 Å². The predicted octanol–water partition coefficient (Wildman–Crippen LogP) is 3.07. The summed E-state index contributed by atoms with van der Waals surface area (Å²) in [6.07, 6.45) is 3.78. The fourth-order valence-corrected chi connectivity index (χ4v) is 0.962. The summed E-state index contributed by atoms with van der Waals surface area (Å²) in [5, 5.41) is 0. The van der Waals surface area contributed by atoms with Gasteiger partial charge in [-0.1, -0.05) is 27.0 Å². The van der Waals surface area contributed by atoms with Crippen molar-refractivity contribution in [3.63, 3.8) is 0 Å². The van der Waals surface area contributed by atoms with Gasteiger partial charge >= 0.3 is 0 Å². The van der Waals surface area contributed by atoms with Gasteiger partial charge in [0.05, 0.1) is 12.5 Å². The quantitative estimate of drug-likeness (QED) is 0.450. The molecule has 70 valence electrons. The van der Waals surface area contributed by atoms with Crippen LogP contribution in [0.15, 0.2) is 25.7 Å². The summed E-state index contributed by atoms with van der Waals surface area (Å²) in [6.45, 7) is 13.0. The first-order valence-electron chi connectivity index (χ1n) is 4.18. The van der Waals surface area contributed by atoms with E-state index in [9.17, 15) is 0 Å². The Labute approximate surface area is 74.9 Å². The van der Waals surface area contributed by atoms with Gasteiger partial charge in [0.25, 0.3) is 0 Å². The highest BCUT2D eigenvalue weighted by molar-refractivity contribution is 4.76. The monoisotopic (exact) mass is 170 g/mol. The Morgan fingerprint density at radius 3 is 2.00 bits per heavy atom. The predicted molar refractivity (Wildman–Crippen MR) is 50.4 cm³/mol. The minimum absolute atomic E-state index is 0.300. The molecule has 0 aromatic heterocycles. The van der Waals surface area contributed by atoms with E-state index in [0.29, 0.717) is 5.92 Å². The van der Waals surface area contributed by atoms with E-state index in [1.54, 1.807) is 0 Å². The Hall–Kier alpha value is -0.920. The van der Waals surface area contributed by atoms with Crippen LogP contribution in [0.5, 0.6) is 0 Å². The molecule has 0 N–H and O–H groups in total. The molecule has 1 atom stereocenters. The number of hydrogen-bond donors (Lipinski definition) is 0. The van der Waals surface area contributed by atoms with Gasteiger partial charge in [-0.05, 0) is 6.42 Å². The third kappa shape index (κ3) is 2.61. The van der Waals surface area contributed by atoms with Crippen LogP contribution in [0.4, 0.5) is 0 Å². The first kappa shape index (κ1) is 11.1. The second-order valence-electron chi connectivity index (χ2n) is 2.89. The van der Waals surface area contributed by atoms with E-state index in [1.165, 1.54) is 12.5 Å². The van der Waals surface area contributed by atoms with Gasteiger partial charge in [0.1, 0.15) is 0 Å². The van der Waals surface area contributed by atoms with Crippen molar-refractivity contribution in [2.75, 3.05) is 0 Å². The minimum atomic E-state index is -0.627. The van der Waals surface area contributed by atoms with E-state index >= 15 is 0 Å². The van der Waals surface area contributed by atoms with E-state index in [4.69, 9.17) is 9.47 Å². The maximum absolute atomic E-state index is 5.29. The summed E-state index contributed by atoms with van der Waals surface area (Å²) in [5.41, 5.74) is 0. The summed E-state index contributed by atoms with van der Waals surface area (Å²) in [6, 6.07) is 0. The highest BCUT2D eigenvalue weighted by Gasteiger charge is 2.32. The lowest BCUT2D eigenvalue weighted by Crippen LogP contribution is -2.36. The average molecular weight is 170 g/mol. The third-order valence-corrected chi connectivity index (χ3v) is 2.14. The molecule has 0 aromatic rings. The molecule has 1 unspecified atom stereocenters. The molecule has 2 nitrogen and oxygen atoms in total. The number of hydrogen-bond acceptors (Lipinski definition) is 2. The largest absolute Gasteiger partial charge is 0.461 e. The van der Waals surface area contributed by atoms with Crippen molar-refractivity contribution in [1.29, 1.82) is 0 Å². The highest BCUT2D eigenvalue weighted by atomic mass is 16.7. The fraction of sp³-hybridized carbons (Fsp3) is 0.600. The zero-order valence-electron chi connectivity index (χ0n) is 8.17. The lowest BCUT2D eigenvalue weighted by Gasteiger charge is -2.32. The standard InChI is InChI=1S/C10H18O2/c1-6-9(4)10(5,11-7-2)12-8-3/h7-9H,2-3,6H2,1,4-5H3. The summed E-state index contributed by atoms with van der Waals surface area (Å²) >= 11 is 0. The Morgan fingerprint density at radius 2 is 1.75 bits per heavy atom. The van der Waals surface area contributed by atoms with Gasteiger partial charge in [0.2, 0.25) is 5.79 Å². The van der Waals surface area contributed by atoms with Crippen LogP contribution in [0.2, 0.25) is 0 Å². The molecule has 0 aliphatic carbocycles. The molecular weight excluding hydrogens is 152 g/mol. The van der Waals surface area contributed by atoms with Crippen LogP contribution in [0.3, 0.4) is 0 Å². The maximum atomic E-state index is 5.29. The van der Waals surface area contributed by atoms with Crippen LogP contribution in [0.25, 0.3) is 0 Å². The van der Waals surface area contributed by atoms with E-state index in [1.807, 2.05) is 6.92 Å². The molecule has 2 heteroatoms. The van der Waals surface area contributed by atoms with Gasteiger partial charge in [-0.25, -0.2) is 0 Å². The van der Waals surface area contributed by atoms with Crippen molar-refractivity contribution in [2.45, 2.75) is 33.0 Å². The zero-order valence-corrected chi connectivity index (χ0v) is 8.17. The molecule has 0 rings (SSSR count). The van der Waals surface area contributed by atoms with Crippen LogP contribution in [0.1, 0.15) is 27.2 Å². The number of rotatable bonds is 6. The first-order chi connectivity index (χ1) is 5.60. The molecule has 0 heterocycles. The molecule has 0 fully saturated rings. The molecule has 0 amide bonds. The van der Waals surface area contributed by atoms with Crippen LogP contribution in [-0.2, 0) is 9.47 Å². The fourth-order valence-electron chi connectivity index (χ4n) is 0.962. The van der Waals surface area contributed by atoms with Crippen LogP contribution >= 0.6 is 0 Å². The average Bonchev–Trinajstić information content (AvgIpc) is 2.04. The Balaban J connectivity index is 4.34. The lowest BCUT2D eigenvalue weighted by atomic mass is 9.99. The molecular formula is C10H18O2. The zero-order chi connectivity index (χ0) is 9.61. The minimum Gasteiger partial charge on any atom is -0.461 e. The Morgan fingerprint density at radius 1 is 1.33 bits per heavy atom. The van der Waals surface area contributed by atoms with Gasteiger partial charge in [0, 0.05) is 12.8 Å². The number of ether oxygens (including phenoxy) is 2. The van der Waals surface area contributed by atoms with Gasteiger partial charge < -0.3 is 9.47 Å². The maximum Gasteiger partial charge on any atom is 0.249 e. The molecule has 0 saturated carbocycles. The Kier molecular flexibility index (Phi) is 4.49. The molecule has 0 saturated heterocycles. The van der Waals surface area contributed by atoms with Gasteiger partial charge in [-0.3, -0.25) is 0 Å². The Bertz CT molecular complexity index is 142. The molecule has 0 aliphatic rings. The molecule has 0 aromatic carbocycles. The second kappa shape index (κ2) is 4.86. The summed E-state index contributed by atoms with van der Waals surface area (Å²) in [4.78, 5) is 0. The second-order valence-corrected chi connectivity index (χ2v) is 2.89. The van der Waals surface area contributed by atoms with E-state index in [-0.39, 0.29) is 0 Å². The smallest absolute Gasteiger partial charge is 0.249 e. The summed E-state index contributed by atoms with van der Waals surface area (Å²) in [7, 11) is 0. The van der Waals surface area contributed by atoms with E-state index < -0.39 is 5.79 Å². The van der Waals surface area contributed by atoms with Crippen molar-refractivity contribution < 1.29 is 9.47 Å². The van der Waals surface area contributed by atoms with Crippen LogP contribution in [-0.4, -0.2) is 5.79 Å². The summed E-state index contributed by atoms with van der Waals surface area (Å²) < 4.78 is 10.6. The molecule has 0 spiro atoms. The molecule has 0 bridgehead atoms. The van der Waals surface area contributed by atoms with E-state index in [2.05, 4.69) is 27.0 Å². The van der Waals surface area contributed by atoms with Gasteiger partial charge in [-0.15, -0.1) is 0 Å². The molecule has 12 heavy (non-hydrogen) atoms. The van der Waals surface area contributed by atoms with Crippen molar-refractivity contribution >= 4 is 0 Å². The SMILES string of the molecule is C=COC(C)(OC=C)C(C)CC. The summed E-state index contributed by atoms with van der Waals surface area (Å²) in [5.74, 6) is -0.327. The molecule has 0 radical (unpaired) electrons. The van der Waals surface area contributed by atoms with Gasteiger partial charge in [-0.2, -0.15) is 0 Å². The van der Waals surface area contributed by atoms with Gasteiger partial charge in [0.15, 0.2) is 0 Å². The van der Waals surface area contributed by atoms with Crippen molar-refractivity contribution in [1.82, 2.24) is 0 Å². The van der Waals surface area contributed by atoms with Crippen molar-refractivity contribution in [3.05, 3.63) is 25.7 Å².